The summed E-state index contributed by atoms with van der Waals surface area (Å²) in [7, 11) is 1.81. The van der Waals surface area contributed by atoms with Crippen LogP contribution in [-0.2, 0) is 9.53 Å². The van der Waals surface area contributed by atoms with Gasteiger partial charge in [0.2, 0.25) is 0 Å². The normalized spacial score (nSPS) is 9.94. The highest BCUT2D eigenvalue weighted by Gasteiger charge is 2.09. The van der Waals surface area contributed by atoms with Gasteiger partial charge in [0.15, 0.2) is 5.78 Å². The molecule has 0 fully saturated rings. The van der Waals surface area contributed by atoms with Crippen LogP contribution in [0.3, 0.4) is 0 Å². The average Bonchev–Trinajstić information content (AvgIpc) is 2.38. The third-order valence-corrected chi connectivity index (χ3v) is 2.62. The third-order valence-electron chi connectivity index (χ3n) is 2.62. The van der Waals surface area contributed by atoms with E-state index in [1.807, 2.05) is 26.1 Å². The van der Waals surface area contributed by atoms with Crippen molar-refractivity contribution in [2.24, 2.45) is 0 Å². The topological polar surface area (TPSA) is 46.6 Å². The summed E-state index contributed by atoms with van der Waals surface area (Å²) in [4.78, 5) is 24.6. The lowest BCUT2D eigenvalue weighted by molar-refractivity contribution is -0.141. The number of carbonyl (C=O) groups excluding carboxylic acids is 2. The van der Waals surface area contributed by atoms with Gasteiger partial charge in [0.05, 0.1) is 6.61 Å². The van der Waals surface area contributed by atoms with Crippen LogP contribution in [-0.4, -0.2) is 32.0 Å². The van der Waals surface area contributed by atoms with E-state index in [-0.39, 0.29) is 18.3 Å². The number of ether oxygens (including phenoxy) is 1. The first-order valence-electron chi connectivity index (χ1n) is 6.08. The van der Waals surface area contributed by atoms with Gasteiger partial charge in [-0.05, 0) is 31.2 Å². The number of likely N-dealkylation sites (N-methyl/N-ethyl adjacent to an activating group) is 1. The van der Waals surface area contributed by atoms with Crippen molar-refractivity contribution in [2.45, 2.75) is 20.3 Å². The molecular weight excluding hydrogens is 230 g/mol. The third kappa shape index (κ3) is 3.87. The number of nitrogens with zero attached hydrogens (tertiary/aromatic N) is 1. The van der Waals surface area contributed by atoms with Gasteiger partial charge in [-0.2, -0.15) is 0 Å². The standard InChI is InChI=1S/C14H19NO3/c1-4-13(16)11-6-8-12(9-7-11)15(3)10-14(17)18-5-2/h6-9H,4-5,10H2,1-3H3. The number of hydrogen-bond acceptors (Lipinski definition) is 4. The molecule has 0 heterocycles. The number of hydrogen-bond donors (Lipinski definition) is 0. The Hall–Kier alpha value is -1.84. The van der Waals surface area contributed by atoms with E-state index in [2.05, 4.69) is 0 Å². The smallest absolute Gasteiger partial charge is 0.325 e. The van der Waals surface area contributed by atoms with E-state index in [0.29, 0.717) is 18.6 Å². The zero-order valence-electron chi connectivity index (χ0n) is 11.1. The Morgan fingerprint density at radius 2 is 1.78 bits per heavy atom. The predicted molar refractivity (Wildman–Crippen MR) is 71.0 cm³/mol. The van der Waals surface area contributed by atoms with Gasteiger partial charge in [-0.1, -0.05) is 6.92 Å². The van der Waals surface area contributed by atoms with Gasteiger partial charge in [0.1, 0.15) is 6.54 Å². The van der Waals surface area contributed by atoms with Gasteiger partial charge in [-0.3, -0.25) is 9.59 Å². The fraction of sp³-hybridized carbons (Fsp3) is 0.429. The van der Waals surface area contributed by atoms with Crippen molar-refractivity contribution < 1.29 is 14.3 Å². The molecule has 0 amide bonds. The molecule has 0 saturated carbocycles. The molecule has 0 saturated heterocycles. The van der Waals surface area contributed by atoms with E-state index in [9.17, 15) is 9.59 Å². The molecule has 98 valence electrons. The number of anilines is 1. The zero-order valence-corrected chi connectivity index (χ0v) is 11.1. The number of carbonyl (C=O) groups is 2. The molecule has 0 atom stereocenters. The van der Waals surface area contributed by atoms with E-state index in [1.165, 1.54) is 0 Å². The highest BCUT2D eigenvalue weighted by atomic mass is 16.5. The van der Waals surface area contributed by atoms with E-state index in [1.54, 1.807) is 24.0 Å². The molecule has 0 unspecified atom stereocenters. The molecule has 4 nitrogen and oxygen atoms in total. The maximum Gasteiger partial charge on any atom is 0.325 e. The molecule has 0 spiro atoms. The molecule has 0 aromatic heterocycles. The molecule has 0 N–H and O–H groups in total. The Balaban J connectivity index is 2.67. The summed E-state index contributed by atoms with van der Waals surface area (Å²) >= 11 is 0. The summed E-state index contributed by atoms with van der Waals surface area (Å²) in [5, 5.41) is 0. The molecule has 1 rings (SSSR count). The Labute approximate surface area is 108 Å². The minimum Gasteiger partial charge on any atom is -0.465 e. The summed E-state index contributed by atoms with van der Waals surface area (Å²) in [6, 6.07) is 7.23. The lowest BCUT2D eigenvalue weighted by atomic mass is 10.1. The summed E-state index contributed by atoms with van der Waals surface area (Å²) < 4.78 is 4.88. The molecular formula is C14H19NO3. The van der Waals surface area contributed by atoms with Crippen LogP contribution >= 0.6 is 0 Å². The second-order valence-electron chi connectivity index (χ2n) is 3.98. The number of Topliss-reactive ketones (excluding diaryl/α,β-unsaturated/α-hetero) is 1. The monoisotopic (exact) mass is 249 g/mol. The van der Waals surface area contributed by atoms with Crippen molar-refractivity contribution in [3.63, 3.8) is 0 Å². The lowest BCUT2D eigenvalue weighted by Crippen LogP contribution is -2.27. The fourth-order valence-corrected chi connectivity index (χ4v) is 1.60. The van der Waals surface area contributed by atoms with Crippen molar-refractivity contribution in [3.05, 3.63) is 29.8 Å². The van der Waals surface area contributed by atoms with Crippen LogP contribution < -0.4 is 4.90 Å². The second kappa shape index (κ2) is 6.79. The highest BCUT2D eigenvalue weighted by molar-refractivity contribution is 5.96. The van der Waals surface area contributed by atoms with Gasteiger partial charge in [0.25, 0.3) is 0 Å². The zero-order chi connectivity index (χ0) is 13.5. The quantitative estimate of drug-likeness (QED) is 0.573. The Morgan fingerprint density at radius 3 is 2.28 bits per heavy atom. The van der Waals surface area contributed by atoms with Gasteiger partial charge in [-0.15, -0.1) is 0 Å². The number of esters is 1. The van der Waals surface area contributed by atoms with Crippen LogP contribution in [0.4, 0.5) is 5.69 Å². The first kappa shape index (κ1) is 14.2. The second-order valence-corrected chi connectivity index (χ2v) is 3.98. The van der Waals surface area contributed by atoms with Crippen LogP contribution in [0.15, 0.2) is 24.3 Å². The molecule has 0 bridgehead atoms. The largest absolute Gasteiger partial charge is 0.465 e. The van der Waals surface area contributed by atoms with Crippen molar-refractivity contribution in [3.8, 4) is 0 Å². The molecule has 1 aromatic carbocycles. The van der Waals surface area contributed by atoms with Crippen molar-refractivity contribution in [2.75, 3.05) is 25.1 Å². The summed E-state index contributed by atoms with van der Waals surface area (Å²) in [5.74, 6) is -0.136. The van der Waals surface area contributed by atoms with E-state index in [0.717, 1.165) is 5.69 Å². The van der Waals surface area contributed by atoms with Crippen LogP contribution in [0.5, 0.6) is 0 Å². The molecule has 0 aliphatic carbocycles. The minimum absolute atomic E-state index is 0.120. The SMILES string of the molecule is CCOC(=O)CN(C)c1ccc(C(=O)CC)cc1. The van der Waals surface area contributed by atoms with Crippen LogP contribution in [0, 0.1) is 0 Å². The summed E-state index contributed by atoms with van der Waals surface area (Å²) in [5.41, 5.74) is 1.58. The minimum atomic E-state index is -0.256. The van der Waals surface area contributed by atoms with Crippen molar-refractivity contribution in [1.29, 1.82) is 0 Å². The molecule has 18 heavy (non-hydrogen) atoms. The Morgan fingerprint density at radius 1 is 1.17 bits per heavy atom. The fourth-order valence-electron chi connectivity index (χ4n) is 1.60. The molecule has 0 radical (unpaired) electrons. The van der Waals surface area contributed by atoms with Crippen molar-refractivity contribution in [1.82, 2.24) is 0 Å². The predicted octanol–water partition coefficient (Wildman–Crippen LogP) is 2.28. The molecule has 0 aliphatic heterocycles. The van der Waals surface area contributed by atoms with Gasteiger partial charge in [0, 0.05) is 24.7 Å². The van der Waals surface area contributed by atoms with E-state index in [4.69, 9.17) is 4.74 Å². The van der Waals surface area contributed by atoms with Gasteiger partial charge >= 0.3 is 5.97 Å². The summed E-state index contributed by atoms with van der Waals surface area (Å²) in [6.45, 7) is 4.21. The summed E-state index contributed by atoms with van der Waals surface area (Å²) in [6.07, 6.45) is 0.498. The van der Waals surface area contributed by atoms with E-state index >= 15 is 0 Å². The maximum absolute atomic E-state index is 11.5. The first-order valence-corrected chi connectivity index (χ1v) is 6.08. The maximum atomic E-state index is 11.5. The van der Waals surface area contributed by atoms with Crippen LogP contribution in [0.2, 0.25) is 0 Å². The van der Waals surface area contributed by atoms with Crippen LogP contribution in [0.1, 0.15) is 30.6 Å². The number of ketones is 1. The lowest BCUT2D eigenvalue weighted by Gasteiger charge is -2.18. The van der Waals surface area contributed by atoms with Gasteiger partial charge < -0.3 is 9.64 Å². The van der Waals surface area contributed by atoms with Crippen LogP contribution in [0.25, 0.3) is 0 Å². The highest BCUT2D eigenvalue weighted by Crippen LogP contribution is 2.14. The number of rotatable bonds is 6. The average molecular weight is 249 g/mol. The van der Waals surface area contributed by atoms with Crippen molar-refractivity contribution >= 4 is 17.4 Å². The van der Waals surface area contributed by atoms with Gasteiger partial charge in [-0.25, -0.2) is 0 Å². The Kier molecular flexibility index (Phi) is 5.36. The first-order chi connectivity index (χ1) is 8.58. The molecule has 4 heteroatoms. The Bertz CT molecular complexity index is 412. The van der Waals surface area contributed by atoms with E-state index < -0.39 is 0 Å². The molecule has 0 aliphatic rings. The number of benzene rings is 1. The molecule has 1 aromatic rings.